The fourth-order valence-electron chi connectivity index (χ4n) is 10.9. The van der Waals surface area contributed by atoms with Crippen LogP contribution >= 0.6 is 69.6 Å². The Morgan fingerprint density at radius 2 is 0.385 bits per heavy atom. The first-order chi connectivity index (χ1) is 46.9. The smallest absolute Gasteiger partial charge is 0.169 e. The number of ether oxygens (including phenoxy) is 6. The fourth-order valence-corrected chi connectivity index (χ4v) is 12.4. The summed E-state index contributed by atoms with van der Waals surface area (Å²) in [7, 11) is 0. The quantitative estimate of drug-likeness (QED) is 0.0900. The maximum atomic E-state index is 9.08. The molecule has 6 aromatic carbocycles. The lowest BCUT2D eigenvalue weighted by Crippen LogP contribution is -2.06. The highest BCUT2D eigenvalue weighted by Gasteiger charge is 2.33. The van der Waals surface area contributed by atoms with Crippen LogP contribution in [0.1, 0.15) is 67.9 Å². The molecular weight excluding hydrogens is 1380 g/mol. The van der Waals surface area contributed by atoms with Crippen LogP contribution in [0.4, 0.5) is 0 Å². The number of benzene rings is 6. The third kappa shape index (κ3) is 12.5. The van der Waals surface area contributed by atoms with Crippen molar-refractivity contribution in [2.75, 3.05) is 0 Å². The average molecular weight is 1430 g/mol. The molecule has 6 aromatic heterocycles. The molecule has 30 heteroatoms. The minimum atomic E-state index is -0.189. The minimum absolute atomic E-state index is 0.189. The van der Waals surface area contributed by atoms with E-state index in [0.717, 1.165) is 66.8 Å². The Morgan fingerprint density at radius 1 is 0.240 bits per heavy atom. The summed E-state index contributed by atoms with van der Waals surface area (Å²) in [6.07, 6.45) is 0. The molecule has 0 unspecified atom stereocenters. The Kier molecular flexibility index (Phi) is 19.6. The predicted octanol–water partition coefficient (Wildman–Crippen LogP) is 14.3. The number of aliphatic hydroxyl groups is 6. The van der Waals surface area contributed by atoms with E-state index in [1.807, 2.05) is 72.8 Å². The van der Waals surface area contributed by atoms with Gasteiger partial charge < -0.3 is 86.2 Å². The summed E-state index contributed by atoms with van der Waals surface area (Å²) in [5.41, 5.74) is 13.0. The SMILES string of the molecule is OCc1onc2c1COc1cccc(Cl)c1-2.OCc1onc2c1COc1cccc(Cl)c1-2.OCc1onc2c1COc1cccc(Cl)c1-2.OCc1onc2c1COc1cccc(Cl)c1-2.OCc1onc2c1COc1cccc(Cl)c1-2.OCc1onc2c1COc1cccc(Cl)c1-2. The normalized spacial score (nSPS) is 12.9. The van der Waals surface area contributed by atoms with Gasteiger partial charge in [-0.15, -0.1) is 0 Å². The number of hydrogen-bond acceptors (Lipinski definition) is 24. The molecule has 12 aromatic rings. The van der Waals surface area contributed by atoms with Gasteiger partial charge in [-0.25, -0.2) is 0 Å². The highest BCUT2D eigenvalue weighted by atomic mass is 35.5. The summed E-state index contributed by atoms with van der Waals surface area (Å²) >= 11 is 36.6. The standard InChI is InChI=1S/6C11H8ClNO3/c6*12-7-2-1-3-8-10(7)11-6(5-15-8)9(4-14)16-13-11/h6*1-3,14H,4-5H2. The summed E-state index contributed by atoms with van der Waals surface area (Å²) in [6, 6.07) is 32.5. The van der Waals surface area contributed by atoms with Crippen LogP contribution in [-0.2, 0) is 79.3 Å². The van der Waals surface area contributed by atoms with Crippen molar-refractivity contribution >= 4 is 69.6 Å². The van der Waals surface area contributed by atoms with Crippen LogP contribution in [0.25, 0.3) is 67.5 Å². The molecule has 12 heterocycles. The molecule has 6 aliphatic rings. The highest BCUT2D eigenvalue weighted by molar-refractivity contribution is 6.35. The number of fused-ring (bicyclic) bond motifs is 18. The van der Waals surface area contributed by atoms with E-state index in [1.165, 1.54) is 0 Å². The van der Waals surface area contributed by atoms with Crippen molar-refractivity contribution in [1.82, 2.24) is 30.9 Å². The van der Waals surface area contributed by atoms with Gasteiger partial charge in [-0.3, -0.25) is 0 Å². The zero-order valence-corrected chi connectivity index (χ0v) is 53.9. The Hall–Kier alpha value is -9.12. The number of aromatic nitrogens is 6. The predicted molar refractivity (Wildman–Crippen MR) is 343 cm³/mol. The summed E-state index contributed by atoms with van der Waals surface area (Å²) in [6.45, 7) is 0.962. The average Bonchev–Trinajstić information content (AvgIpc) is 1.56. The third-order valence-electron chi connectivity index (χ3n) is 15.6. The van der Waals surface area contributed by atoms with E-state index in [4.69, 9.17) is 156 Å². The molecule has 0 spiro atoms. The molecule has 18 rings (SSSR count). The Morgan fingerprint density at radius 3 is 0.521 bits per heavy atom. The lowest BCUT2D eigenvalue weighted by atomic mass is 10.0. The van der Waals surface area contributed by atoms with Crippen molar-refractivity contribution in [1.29, 1.82) is 0 Å². The Bertz CT molecular complexity index is 4070. The molecule has 0 saturated carbocycles. The fraction of sp³-hybridized carbons (Fsp3) is 0.182. The van der Waals surface area contributed by atoms with Gasteiger partial charge in [-0.1, -0.05) is 137 Å². The maximum Gasteiger partial charge on any atom is 0.169 e. The van der Waals surface area contributed by atoms with Crippen molar-refractivity contribution in [2.24, 2.45) is 0 Å². The van der Waals surface area contributed by atoms with Crippen LogP contribution in [0.5, 0.6) is 34.5 Å². The van der Waals surface area contributed by atoms with Gasteiger partial charge >= 0.3 is 0 Å². The second-order valence-corrected chi connectivity index (χ2v) is 23.4. The van der Waals surface area contributed by atoms with Gasteiger partial charge in [0.1, 0.15) is 148 Å². The molecule has 492 valence electrons. The van der Waals surface area contributed by atoms with Gasteiger partial charge in [0, 0.05) is 0 Å². The van der Waals surface area contributed by atoms with Crippen LogP contribution in [0.15, 0.2) is 136 Å². The monoisotopic (exact) mass is 1420 g/mol. The van der Waals surface area contributed by atoms with Crippen molar-refractivity contribution in [3.05, 3.63) is 207 Å². The van der Waals surface area contributed by atoms with Gasteiger partial charge in [0.15, 0.2) is 34.6 Å². The Balaban J connectivity index is 0.000000104. The highest BCUT2D eigenvalue weighted by Crippen LogP contribution is 2.48. The summed E-state index contributed by atoms with van der Waals surface area (Å²) < 4.78 is 63.5. The molecule has 0 bridgehead atoms. The van der Waals surface area contributed by atoms with Crippen molar-refractivity contribution in [3.8, 4) is 102 Å². The van der Waals surface area contributed by atoms with Crippen LogP contribution < -0.4 is 28.4 Å². The molecule has 6 N–H and O–H groups in total. The lowest BCUT2D eigenvalue weighted by molar-refractivity contribution is 0.222. The molecule has 0 aliphatic carbocycles. The van der Waals surface area contributed by atoms with E-state index < -0.39 is 0 Å². The lowest BCUT2D eigenvalue weighted by Gasteiger charge is -2.17. The summed E-state index contributed by atoms with van der Waals surface area (Å²) in [4.78, 5) is 0. The van der Waals surface area contributed by atoms with Crippen molar-refractivity contribution in [2.45, 2.75) is 79.3 Å². The van der Waals surface area contributed by atoms with Gasteiger partial charge in [-0.2, -0.15) is 0 Å². The number of rotatable bonds is 6. The largest absolute Gasteiger partial charge is 0.488 e. The summed E-state index contributed by atoms with van der Waals surface area (Å²) in [5, 5.41) is 81.4. The van der Waals surface area contributed by atoms with Crippen LogP contribution in [0, 0.1) is 0 Å². The molecule has 6 aliphatic heterocycles. The second kappa shape index (κ2) is 28.7. The molecular formula is C66H48Cl6N6O18. The number of nitrogens with zero attached hydrogens (tertiary/aromatic N) is 6. The van der Waals surface area contributed by atoms with E-state index in [1.54, 1.807) is 36.4 Å². The molecule has 0 saturated heterocycles. The number of aliphatic hydroxyl groups excluding tert-OH is 6. The molecule has 0 amide bonds. The zero-order valence-electron chi connectivity index (χ0n) is 49.4. The van der Waals surface area contributed by atoms with Crippen molar-refractivity contribution < 1.29 is 86.2 Å². The summed E-state index contributed by atoms with van der Waals surface area (Å²) in [5.74, 6) is 6.74. The van der Waals surface area contributed by atoms with Crippen LogP contribution in [0.3, 0.4) is 0 Å². The topological polar surface area (TPSA) is 333 Å². The first-order valence-electron chi connectivity index (χ1n) is 28.9. The number of hydrogen-bond donors (Lipinski definition) is 6. The van der Waals surface area contributed by atoms with Gasteiger partial charge in [0.25, 0.3) is 0 Å². The number of halogens is 6. The van der Waals surface area contributed by atoms with E-state index in [0.29, 0.717) is 173 Å². The molecule has 0 fully saturated rings. The molecule has 0 atom stereocenters. The van der Waals surface area contributed by atoms with E-state index in [9.17, 15) is 0 Å². The van der Waals surface area contributed by atoms with Crippen LogP contribution in [-0.4, -0.2) is 61.6 Å². The van der Waals surface area contributed by atoms with E-state index in [-0.39, 0.29) is 39.6 Å². The van der Waals surface area contributed by atoms with E-state index >= 15 is 0 Å². The molecule has 24 nitrogen and oxygen atoms in total. The van der Waals surface area contributed by atoms with Crippen molar-refractivity contribution in [3.63, 3.8) is 0 Å². The Labute approximate surface area is 571 Å². The first-order valence-corrected chi connectivity index (χ1v) is 31.1. The van der Waals surface area contributed by atoms with E-state index in [2.05, 4.69) is 30.9 Å². The molecule has 96 heavy (non-hydrogen) atoms. The molecule has 0 radical (unpaired) electrons. The maximum absolute atomic E-state index is 9.08. The third-order valence-corrected chi connectivity index (χ3v) is 17.5. The van der Waals surface area contributed by atoms with Gasteiger partial charge in [0.05, 0.1) is 96.9 Å². The minimum Gasteiger partial charge on any atom is -0.488 e. The zero-order chi connectivity index (χ0) is 66.7. The van der Waals surface area contributed by atoms with Gasteiger partial charge in [0.2, 0.25) is 0 Å². The second-order valence-electron chi connectivity index (χ2n) is 21.0. The van der Waals surface area contributed by atoms with Gasteiger partial charge in [-0.05, 0) is 72.8 Å². The van der Waals surface area contributed by atoms with Crippen LogP contribution in [0.2, 0.25) is 30.1 Å². The first kappa shape index (κ1) is 65.5.